The summed E-state index contributed by atoms with van der Waals surface area (Å²) < 4.78 is 5.53. The summed E-state index contributed by atoms with van der Waals surface area (Å²) in [5.41, 5.74) is 8.03. The van der Waals surface area contributed by atoms with Crippen LogP contribution in [0.5, 0.6) is 0 Å². The first kappa shape index (κ1) is 18.9. The summed E-state index contributed by atoms with van der Waals surface area (Å²) in [7, 11) is 0. The molecular formula is C16H17BrN4O3S. The van der Waals surface area contributed by atoms with E-state index in [9.17, 15) is 9.59 Å². The molecule has 2 rings (SSSR count). The largest absolute Gasteiger partial charge is 0.444 e. The molecule has 1 aromatic heterocycles. The van der Waals surface area contributed by atoms with Crippen LogP contribution in [0.1, 0.15) is 21.7 Å². The van der Waals surface area contributed by atoms with Crippen molar-refractivity contribution in [2.24, 2.45) is 0 Å². The van der Waals surface area contributed by atoms with E-state index in [0.717, 1.165) is 16.8 Å². The van der Waals surface area contributed by atoms with Gasteiger partial charge in [0.05, 0.1) is 6.54 Å². The van der Waals surface area contributed by atoms with Gasteiger partial charge in [0.25, 0.3) is 11.8 Å². The SMILES string of the molecule is Cc1cccc(NC(=S)NNC(=O)CNC(=O)c2ccc(Br)o2)c1C. The van der Waals surface area contributed by atoms with Gasteiger partial charge in [-0.15, -0.1) is 0 Å². The highest BCUT2D eigenvalue weighted by Crippen LogP contribution is 2.17. The van der Waals surface area contributed by atoms with Crippen LogP contribution in [0.15, 0.2) is 39.4 Å². The van der Waals surface area contributed by atoms with E-state index in [1.807, 2.05) is 32.0 Å². The molecule has 1 aromatic carbocycles. The standard InChI is InChI=1S/C16H17BrN4O3S/c1-9-4-3-5-11(10(9)2)19-16(25)21-20-14(22)8-18-15(23)12-6-7-13(17)24-12/h3-7H,8H2,1-2H3,(H,18,23)(H,20,22)(H2,19,21,25). The van der Waals surface area contributed by atoms with Crippen LogP contribution in [0.25, 0.3) is 0 Å². The molecule has 0 spiro atoms. The molecular weight excluding hydrogens is 408 g/mol. The highest BCUT2D eigenvalue weighted by atomic mass is 79.9. The van der Waals surface area contributed by atoms with Gasteiger partial charge in [-0.3, -0.25) is 20.4 Å². The highest BCUT2D eigenvalue weighted by molar-refractivity contribution is 9.10. The Morgan fingerprint density at radius 1 is 1.16 bits per heavy atom. The Labute approximate surface area is 158 Å². The van der Waals surface area contributed by atoms with Crippen molar-refractivity contribution in [1.82, 2.24) is 16.2 Å². The molecule has 0 saturated carbocycles. The van der Waals surface area contributed by atoms with E-state index >= 15 is 0 Å². The number of anilines is 1. The average Bonchev–Trinajstić information content (AvgIpc) is 3.01. The third-order valence-corrected chi connectivity index (χ3v) is 4.01. The van der Waals surface area contributed by atoms with E-state index < -0.39 is 11.8 Å². The molecule has 0 radical (unpaired) electrons. The van der Waals surface area contributed by atoms with Gasteiger partial charge < -0.3 is 15.1 Å². The highest BCUT2D eigenvalue weighted by Gasteiger charge is 2.12. The molecule has 0 saturated heterocycles. The van der Waals surface area contributed by atoms with Gasteiger partial charge in [-0.25, -0.2) is 0 Å². The van der Waals surface area contributed by atoms with Crippen LogP contribution in [0.3, 0.4) is 0 Å². The first-order chi connectivity index (χ1) is 11.9. The average molecular weight is 425 g/mol. The van der Waals surface area contributed by atoms with Crippen molar-refractivity contribution in [3.63, 3.8) is 0 Å². The smallest absolute Gasteiger partial charge is 0.287 e. The van der Waals surface area contributed by atoms with Crippen LogP contribution < -0.4 is 21.5 Å². The maximum Gasteiger partial charge on any atom is 0.287 e. The molecule has 0 unspecified atom stereocenters. The molecule has 7 nitrogen and oxygen atoms in total. The van der Waals surface area contributed by atoms with Gasteiger partial charge >= 0.3 is 0 Å². The van der Waals surface area contributed by atoms with Crippen LogP contribution in [0.4, 0.5) is 5.69 Å². The number of aryl methyl sites for hydroxylation is 1. The zero-order chi connectivity index (χ0) is 18.4. The molecule has 0 aliphatic heterocycles. The van der Waals surface area contributed by atoms with Crippen molar-refractivity contribution in [3.8, 4) is 0 Å². The van der Waals surface area contributed by atoms with Gasteiger partial charge in [0.2, 0.25) is 0 Å². The number of benzene rings is 1. The molecule has 4 N–H and O–H groups in total. The number of furan rings is 1. The van der Waals surface area contributed by atoms with Crippen LogP contribution in [0.2, 0.25) is 0 Å². The van der Waals surface area contributed by atoms with E-state index in [1.54, 1.807) is 6.07 Å². The molecule has 0 aliphatic rings. The lowest BCUT2D eigenvalue weighted by molar-refractivity contribution is -0.120. The van der Waals surface area contributed by atoms with Crippen molar-refractivity contribution in [1.29, 1.82) is 0 Å². The quantitative estimate of drug-likeness (QED) is 0.444. The van der Waals surface area contributed by atoms with Crippen LogP contribution in [0, 0.1) is 13.8 Å². The van der Waals surface area contributed by atoms with Crippen molar-refractivity contribution >= 4 is 50.8 Å². The molecule has 2 aromatic rings. The Balaban J connectivity index is 1.75. The van der Waals surface area contributed by atoms with Gasteiger partial charge in [0.15, 0.2) is 15.5 Å². The maximum absolute atomic E-state index is 11.7. The lowest BCUT2D eigenvalue weighted by atomic mass is 10.1. The molecule has 9 heteroatoms. The minimum absolute atomic E-state index is 0.111. The number of hydrogen-bond donors (Lipinski definition) is 4. The second kappa shape index (κ2) is 8.63. The number of carbonyl (C=O) groups is 2. The monoisotopic (exact) mass is 424 g/mol. The molecule has 0 bridgehead atoms. The van der Waals surface area contributed by atoms with Gasteiger partial charge in [-0.2, -0.15) is 0 Å². The fourth-order valence-corrected chi connectivity index (χ4v) is 2.36. The summed E-state index contributed by atoms with van der Waals surface area (Å²) >= 11 is 8.23. The first-order valence-electron chi connectivity index (χ1n) is 7.32. The molecule has 2 amide bonds. The molecule has 25 heavy (non-hydrogen) atoms. The van der Waals surface area contributed by atoms with Gasteiger partial charge in [0.1, 0.15) is 0 Å². The molecule has 1 heterocycles. The third kappa shape index (κ3) is 5.57. The van der Waals surface area contributed by atoms with Crippen molar-refractivity contribution in [2.45, 2.75) is 13.8 Å². The summed E-state index contributed by atoms with van der Waals surface area (Å²) in [6, 6.07) is 8.89. The van der Waals surface area contributed by atoms with E-state index in [2.05, 4.69) is 37.4 Å². The summed E-state index contributed by atoms with van der Waals surface area (Å²) in [6.07, 6.45) is 0. The number of hydrogen-bond acceptors (Lipinski definition) is 4. The number of halogens is 1. The lowest BCUT2D eigenvalue weighted by Gasteiger charge is -2.14. The van der Waals surface area contributed by atoms with E-state index in [1.165, 1.54) is 6.07 Å². The predicted octanol–water partition coefficient (Wildman–Crippen LogP) is 2.41. The number of nitrogens with one attached hydrogen (secondary N) is 4. The van der Waals surface area contributed by atoms with E-state index in [-0.39, 0.29) is 17.4 Å². The fraction of sp³-hybridized carbons (Fsp3) is 0.188. The number of rotatable bonds is 4. The zero-order valence-corrected chi connectivity index (χ0v) is 16.0. The number of hydrazine groups is 1. The minimum Gasteiger partial charge on any atom is -0.444 e. The fourth-order valence-electron chi connectivity index (χ4n) is 1.89. The van der Waals surface area contributed by atoms with Crippen molar-refractivity contribution < 1.29 is 14.0 Å². The Kier molecular flexibility index (Phi) is 6.54. The summed E-state index contributed by atoms with van der Waals surface area (Å²) in [6.45, 7) is 3.75. The normalized spacial score (nSPS) is 10.0. The van der Waals surface area contributed by atoms with Gasteiger partial charge in [-0.1, -0.05) is 12.1 Å². The lowest BCUT2D eigenvalue weighted by Crippen LogP contribution is -2.47. The Hall–Kier alpha value is -2.39. The first-order valence-corrected chi connectivity index (χ1v) is 8.52. The molecule has 132 valence electrons. The summed E-state index contributed by atoms with van der Waals surface area (Å²) in [5, 5.41) is 5.67. The topological polar surface area (TPSA) is 95.4 Å². The van der Waals surface area contributed by atoms with Crippen molar-refractivity contribution in [3.05, 3.63) is 51.9 Å². The van der Waals surface area contributed by atoms with Crippen LogP contribution >= 0.6 is 28.1 Å². The Bertz CT molecular complexity index is 806. The summed E-state index contributed by atoms with van der Waals surface area (Å²) in [5.74, 6) is -0.833. The van der Waals surface area contributed by atoms with Crippen LogP contribution in [-0.4, -0.2) is 23.5 Å². The van der Waals surface area contributed by atoms with E-state index in [0.29, 0.717) is 4.67 Å². The summed E-state index contributed by atoms with van der Waals surface area (Å²) in [4.78, 5) is 23.5. The second-order valence-electron chi connectivity index (χ2n) is 5.16. The van der Waals surface area contributed by atoms with Gasteiger partial charge in [-0.05, 0) is 71.3 Å². The molecule has 0 atom stereocenters. The molecule has 0 aliphatic carbocycles. The number of amides is 2. The zero-order valence-electron chi connectivity index (χ0n) is 13.6. The maximum atomic E-state index is 11.7. The number of thiocarbonyl (C=S) groups is 1. The predicted molar refractivity (Wildman–Crippen MR) is 102 cm³/mol. The Morgan fingerprint density at radius 2 is 1.92 bits per heavy atom. The van der Waals surface area contributed by atoms with E-state index in [4.69, 9.17) is 16.6 Å². The second-order valence-corrected chi connectivity index (χ2v) is 6.35. The number of carbonyl (C=O) groups excluding carboxylic acids is 2. The van der Waals surface area contributed by atoms with Crippen molar-refractivity contribution in [2.75, 3.05) is 11.9 Å². The third-order valence-electron chi connectivity index (χ3n) is 3.37. The van der Waals surface area contributed by atoms with Gasteiger partial charge in [0, 0.05) is 5.69 Å². The molecule has 0 fully saturated rings. The minimum atomic E-state index is -0.489. The van der Waals surface area contributed by atoms with Crippen LogP contribution in [-0.2, 0) is 4.79 Å². The Morgan fingerprint density at radius 3 is 2.60 bits per heavy atom.